The van der Waals surface area contributed by atoms with Crippen molar-refractivity contribution >= 4 is 5.91 Å². The summed E-state index contributed by atoms with van der Waals surface area (Å²) in [7, 11) is 0. The number of amides is 1. The van der Waals surface area contributed by atoms with Crippen molar-refractivity contribution in [3.8, 4) is 6.07 Å². The van der Waals surface area contributed by atoms with Crippen molar-refractivity contribution in [3.63, 3.8) is 0 Å². The Morgan fingerprint density at radius 2 is 2.27 bits per heavy atom. The summed E-state index contributed by atoms with van der Waals surface area (Å²) in [4.78, 5) is 11.3. The molecule has 0 aromatic carbocycles. The van der Waals surface area contributed by atoms with Gasteiger partial charge in [0.05, 0.1) is 6.07 Å². The summed E-state index contributed by atoms with van der Waals surface area (Å²) in [6.45, 7) is 2.71. The minimum atomic E-state index is -0.0193. The largest absolute Gasteiger partial charge is 0.356 e. The summed E-state index contributed by atoms with van der Waals surface area (Å²) < 4.78 is 0. The van der Waals surface area contributed by atoms with Crippen LogP contribution in [0.3, 0.4) is 0 Å². The van der Waals surface area contributed by atoms with Gasteiger partial charge in [-0.25, -0.2) is 0 Å². The zero-order valence-electron chi connectivity index (χ0n) is 9.46. The molecule has 0 spiro atoms. The molecule has 3 N–H and O–H groups in total. The van der Waals surface area contributed by atoms with Crippen LogP contribution in [0.2, 0.25) is 0 Å². The van der Waals surface area contributed by atoms with Crippen molar-refractivity contribution in [1.29, 1.82) is 5.26 Å². The number of hydrogen-bond donors (Lipinski definition) is 2. The van der Waals surface area contributed by atoms with Gasteiger partial charge < -0.3 is 11.1 Å². The average molecular weight is 211 g/mol. The quantitative estimate of drug-likeness (QED) is 0.594. The lowest BCUT2D eigenvalue weighted by Gasteiger charge is -2.10. The molecule has 0 rings (SSSR count). The predicted molar refractivity (Wildman–Crippen MR) is 60.0 cm³/mol. The fourth-order valence-corrected chi connectivity index (χ4v) is 1.34. The zero-order valence-corrected chi connectivity index (χ0v) is 9.46. The highest BCUT2D eigenvalue weighted by Gasteiger charge is 2.07. The van der Waals surface area contributed by atoms with Crippen molar-refractivity contribution in [3.05, 3.63) is 0 Å². The van der Waals surface area contributed by atoms with Gasteiger partial charge in [0.25, 0.3) is 0 Å². The first kappa shape index (κ1) is 13.9. The van der Waals surface area contributed by atoms with E-state index >= 15 is 0 Å². The smallest absolute Gasteiger partial charge is 0.221 e. The summed E-state index contributed by atoms with van der Waals surface area (Å²) in [5, 5.41) is 11.1. The molecular weight excluding hydrogens is 190 g/mol. The lowest BCUT2D eigenvalue weighted by molar-refractivity contribution is -0.121. The van der Waals surface area contributed by atoms with Crippen LogP contribution in [0.15, 0.2) is 0 Å². The monoisotopic (exact) mass is 211 g/mol. The molecule has 4 nitrogen and oxygen atoms in total. The number of nitrogens with two attached hydrogens (primary N) is 1. The fourth-order valence-electron chi connectivity index (χ4n) is 1.34. The summed E-state index contributed by atoms with van der Waals surface area (Å²) >= 11 is 0. The van der Waals surface area contributed by atoms with E-state index in [0.717, 1.165) is 25.7 Å². The second-order valence-electron chi connectivity index (χ2n) is 3.72. The fraction of sp³-hybridized carbons (Fsp3) is 0.818. The first-order chi connectivity index (χ1) is 7.20. The summed E-state index contributed by atoms with van der Waals surface area (Å²) in [5.41, 5.74) is 5.73. The Kier molecular flexibility index (Phi) is 8.79. The van der Waals surface area contributed by atoms with Gasteiger partial charge in [-0.15, -0.1) is 0 Å². The van der Waals surface area contributed by atoms with Crippen LogP contribution in [0.4, 0.5) is 0 Å². The third kappa shape index (κ3) is 9.23. The lowest BCUT2D eigenvalue weighted by Crippen LogP contribution is -2.32. The molecule has 0 aliphatic heterocycles. The van der Waals surface area contributed by atoms with E-state index < -0.39 is 0 Å². The van der Waals surface area contributed by atoms with Crippen LogP contribution >= 0.6 is 0 Å². The van der Waals surface area contributed by atoms with E-state index in [-0.39, 0.29) is 11.9 Å². The highest BCUT2D eigenvalue weighted by Crippen LogP contribution is 1.98. The van der Waals surface area contributed by atoms with Crippen LogP contribution in [0.5, 0.6) is 0 Å². The van der Waals surface area contributed by atoms with Gasteiger partial charge in [-0.2, -0.15) is 5.26 Å². The summed E-state index contributed by atoms with van der Waals surface area (Å²) in [6, 6.07) is 2.05. The molecule has 86 valence electrons. The Labute approximate surface area is 91.8 Å². The molecule has 0 heterocycles. The van der Waals surface area contributed by atoms with E-state index in [2.05, 4.69) is 18.3 Å². The molecule has 1 unspecified atom stereocenters. The van der Waals surface area contributed by atoms with Crippen LogP contribution in [-0.4, -0.2) is 18.5 Å². The van der Waals surface area contributed by atoms with E-state index in [1.165, 1.54) is 0 Å². The molecule has 0 bridgehead atoms. The van der Waals surface area contributed by atoms with Gasteiger partial charge in [-0.3, -0.25) is 4.79 Å². The van der Waals surface area contributed by atoms with Crippen LogP contribution in [-0.2, 0) is 4.79 Å². The number of rotatable bonds is 8. The Balaban J connectivity index is 3.37. The highest BCUT2D eigenvalue weighted by molar-refractivity contribution is 5.76. The highest BCUT2D eigenvalue weighted by atomic mass is 16.1. The Morgan fingerprint density at radius 3 is 2.87 bits per heavy atom. The number of nitrogens with one attached hydrogen (secondary N) is 1. The van der Waals surface area contributed by atoms with Crippen molar-refractivity contribution in [2.75, 3.05) is 6.54 Å². The minimum absolute atomic E-state index is 0.0193. The van der Waals surface area contributed by atoms with Gasteiger partial charge in [0.2, 0.25) is 5.91 Å². The van der Waals surface area contributed by atoms with Gasteiger partial charge >= 0.3 is 0 Å². The number of carbonyl (C=O) groups is 1. The van der Waals surface area contributed by atoms with Crippen molar-refractivity contribution < 1.29 is 4.79 Å². The van der Waals surface area contributed by atoms with E-state index in [0.29, 0.717) is 19.4 Å². The van der Waals surface area contributed by atoms with E-state index in [1.807, 2.05) is 0 Å². The van der Waals surface area contributed by atoms with E-state index in [9.17, 15) is 4.79 Å². The minimum Gasteiger partial charge on any atom is -0.356 e. The first-order valence-corrected chi connectivity index (χ1v) is 5.60. The summed E-state index contributed by atoms with van der Waals surface area (Å²) in [5.74, 6) is 0.0212. The second kappa shape index (κ2) is 9.47. The lowest BCUT2D eigenvalue weighted by atomic mass is 10.1. The van der Waals surface area contributed by atoms with E-state index in [1.54, 1.807) is 0 Å². The standard InChI is InChI=1S/C11H21N3O/c1-2-6-10(13)9-11(15)14-8-5-3-4-7-12/h10H,2-6,8-9,13H2,1H3,(H,14,15). The third-order valence-electron chi connectivity index (χ3n) is 2.14. The molecule has 0 saturated heterocycles. The van der Waals surface area contributed by atoms with Crippen LogP contribution < -0.4 is 11.1 Å². The first-order valence-electron chi connectivity index (χ1n) is 5.60. The molecule has 0 aliphatic carbocycles. The van der Waals surface area contributed by atoms with Gasteiger partial charge in [0.1, 0.15) is 0 Å². The molecule has 0 radical (unpaired) electrons. The van der Waals surface area contributed by atoms with Crippen LogP contribution in [0, 0.1) is 11.3 Å². The number of unbranched alkanes of at least 4 members (excludes halogenated alkanes) is 2. The van der Waals surface area contributed by atoms with Gasteiger partial charge in [0.15, 0.2) is 0 Å². The van der Waals surface area contributed by atoms with Crippen LogP contribution in [0.25, 0.3) is 0 Å². The molecule has 0 fully saturated rings. The maximum atomic E-state index is 11.3. The topological polar surface area (TPSA) is 78.9 Å². The molecule has 15 heavy (non-hydrogen) atoms. The second-order valence-corrected chi connectivity index (χ2v) is 3.72. The molecule has 0 aromatic rings. The molecular formula is C11H21N3O. The van der Waals surface area contributed by atoms with Crippen LogP contribution in [0.1, 0.15) is 45.4 Å². The number of nitriles is 1. The van der Waals surface area contributed by atoms with Gasteiger partial charge in [-0.1, -0.05) is 13.3 Å². The van der Waals surface area contributed by atoms with E-state index in [4.69, 9.17) is 11.0 Å². The number of nitrogens with zero attached hydrogens (tertiary/aromatic N) is 1. The number of hydrogen-bond acceptors (Lipinski definition) is 3. The molecule has 0 saturated carbocycles. The molecule has 1 amide bonds. The SMILES string of the molecule is CCCC(N)CC(=O)NCCCCC#N. The maximum Gasteiger partial charge on any atom is 0.221 e. The van der Waals surface area contributed by atoms with Crippen molar-refractivity contribution in [2.45, 2.75) is 51.5 Å². The van der Waals surface area contributed by atoms with Gasteiger partial charge in [-0.05, 0) is 19.3 Å². The molecule has 0 aliphatic rings. The Bertz CT molecular complexity index is 210. The molecule has 1 atom stereocenters. The molecule has 0 aromatic heterocycles. The maximum absolute atomic E-state index is 11.3. The third-order valence-corrected chi connectivity index (χ3v) is 2.14. The molecule has 4 heteroatoms. The summed E-state index contributed by atoms with van der Waals surface area (Å²) in [6.07, 6.45) is 4.58. The Morgan fingerprint density at radius 1 is 1.53 bits per heavy atom. The van der Waals surface area contributed by atoms with Crippen molar-refractivity contribution in [2.24, 2.45) is 5.73 Å². The zero-order chi connectivity index (χ0) is 11.5. The Hall–Kier alpha value is -1.08. The number of carbonyl (C=O) groups excluding carboxylic acids is 1. The van der Waals surface area contributed by atoms with Gasteiger partial charge in [0, 0.05) is 25.4 Å². The average Bonchev–Trinajstić information content (AvgIpc) is 2.17. The predicted octanol–water partition coefficient (Wildman–Crippen LogP) is 1.31. The van der Waals surface area contributed by atoms with Crippen molar-refractivity contribution in [1.82, 2.24) is 5.32 Å². The normalized spacial score (nSPS) is 11.8.